The van der Waals surface area contributed by atoms with Crippen molar-refractivity contribution in [3.8, 4) is 55.6 Å². The number of hydrogen-bond acceptors (Lipinski definition) is 2. The Hall–Kier alpha value is -4.18. The summed E-state index contributed by atoms with van der Waals surface area (Å²) in [6, 6.07) is 27.8. The maximum Gasteiger partial charge on any atom is 0.0542 e. The molecular weight excluding hydrogens is 681 g/mol. The average molecular weight is 735 g/mol. The van der Waals surface area contributed by atoms with Gasteiger partial charge in [-0.15, -0.1) is 11.8 Å². The topological polar surface area (TPSA) is 17.1 Å². The maximum absolute atomic E-state index is 14.1. The number of thioether (sulfide) groups is 1. The molecular formula is C50H54OS2. The fourth-order valence-electron chi connectivity index (χ4n) is 9.28. The minimum Gasteiger partial charge on any atom is -0.255 e. The van der Waals surface area contributed by atoms with Crippen molar-refractivity contribution in [3.05, 3.63) is 140 Å². The molecule has 6 rings (SSSR count). The van der Waals surface area contributed by atoms with Crippen LogP contribution in [0.2, 0.25) is 0 Å². The Morgan fingerprint density at radius 1 is 0.377 bits per heavy atom. The molecule has 0 saturated heterocycles. The smallest absolute Gasteiger partial charge is 0.0542 e. The predicted octanol–water partition coefficient (Wildman–Crippen LogP) is 14.2. The lowest BCUT2D eigenvalue weighted by atomic mass is 9.84. The number of hydrogen-bond donors (Lipinski definition) is 0. The molecule has 0 aliphatic heterocycles. The fourth-order valence-corrected chi connectivity index (χ4v) is 11.0. The Balaban J connectivity index is 1.83. The molecule has 0 aliphatic carbocycles. The minimum atomic E-state index is -1.26. The van der Waals surface area contributed by atoms with Crippen molar-refractivity contribution in [1.82, 2.24) is 0 Å². The van der Waals surface area contributed by atoms with Crippen molar-refractivity contribution in [1.29, 1.82) is 0 Å². The molecule has 0 saturated carbocycles. The second-order valence-corrected chi connectivity index (χ2v) is 17.7. The summed E-state index contributed by atoms with van der Waals surface area (Å²) in [5.74, 6) is 0. The predicted molar refractivity (Wildman–Crippen MR) is 235 cm³/mol. The molecule has 0 fully saturated rings. The lowest BCUT2D eigenvalue weighted by Gasteiger charge is -2.24. The third kappa shape index (κ3) is 7.23. The molecule has 53 heavy (non-hydrogen) atoms. The van der Waals surface area contributed by atoms with Crippen LogP contribution in [0.5, 0.6) is 0 Å². The van der Waals surface area contributed by atoms with Crippen molar-refractivity contribution >= 4 is 22.6 Å². The highest BCUT2D eigenvalue weighted by atomic mass is 32.2. The first-order chi connectivity index (χ1) is 25.0. The Kier molecular flexibility index (Phi) is 10.9. The molecule has 0 bridgehead atoms. The van der Waals surface area contributed by atoms with Crippen molar-refractivity contribution in [3.63, 3.8) is 0 Å². The Morgan fingerprint density at radius 3 is 0.830 bits per heavy atom. The van der Waals surface area contributed by atoms with Crippen LogP contribution < -0.4 is 0 Å². The molecule has 6 aromatic rings. The monoisotopic (exact) mass is 734 g/mol. The van der Waals surface area contributed by atoms with Crippen molar-refractivity contribution in [2.45, 2.75) is 92.9 Å². The van der Waals surface area contributed by atoms with E-state index in [4.69, 9.17) is 0 Å². The molecule has 1 atom stereocenters. The van der Waals surface area contributed by atoms with Gasteiger partial charge in [-0.25, -0.2) is 0 Å². The highest BCUT2D eigenvalue weighted by Crippen LogP contribution is 2.48. The standard InChI is InChI=1S/C50H54OS2/c1-27-15-31(5)45(32(6)16-27)41-23-39(24-42(49(41)52-13)46-33(7)17-28(2)18-34(46)8)40-25-43(47-35(9)19-29(3)20-36(47)10)50(53(14)51)44(26-40)48-37(11)21-30(4)22-38(48)12/h15-26H,1-14H3. The summed E-state index contributed by atoms with van der Waals surface area (Å²) < 4.78 is 14.1. The van der Waals surface area contributed by atoms with Crippen molar-refractivity contribution in [2.75, 3.05) is 12.5 Å². The van der Waals surface area contributed by atoms with Gasteiger partial charge in [0.2, 0.25) is 0 Å². The van der Waals surface area contributed by atoms with Crippen LogP contribution in [0.25, 0.3) is 55.6 Å². The minimum absolute atomic E-state index is 0.899. The molecule has 0 aromatic heterocycles. The van der Waals surface area contributed by atoms with E-state index in [1.165, 1.54) is 105 Å². The van der Waals surface area contributed by atoms with Crippen LogP contribution in [0.15, 0.2) is 82.6 Å². The summed E-state index contributed by atoms with van der Waals surface area (Å²) >= 11 is 1.84. The number of aryl methyl sites for hydroxylation is 12. The highest BCUT2D eigenvalue weighted by molar-refractivity contribution is 7.98. The van der Waals surface area contributed by atoms with Crippen LogP contribution in [0, 0.1) is 83.1 Å². The van der Waals surface area contributed by atoms with E-state index in [0.717, 1.165) is 27.1 Å². The normalized spacial score (nSPS) is 12.0. The van der Waals surface area contributed by atoms with E-state index in [2.05, 4.69) is 162 Å². The van der Waals surface area contributed by atoms with Gasteiger partial charge in [0, 0.05) is 11.2 Å². The van der Waals surface area contributed by atoms with Gasteiger partial charge in [-0.05, 0) is 214 Å². The Bertz CT molecular complexity index is 2230. The van der Waals surface area contributed by atoms with E-state index in [9.17, 15) is 4.21 Å². The van der Waals surface area contributed by atoms with E-state index in [-0.39, 0.29) is 0 Å². The second kappa shape index (κ2) is 14.9. The van der Waals surface area contributed by atoms with Gasteiger partial charge < -0.3 is 0 Å². The lowest BCUT2D eigenvalue weighted by Crippen LogP contribution is -2.03. The van der Waals surface area contributed by atoms with Gasteiger partial charge in [-0.1, -0.05) is 70.8 Å². The summed E-state index contributed by atoms with van der Waals surface area (Å²) in [6.07, 6.45) is 4.06. The molecule has 0 N–H and O–H groups in total. The SMILES string of the molecule is CSc1c(-c2c(C)cc(C)cc2C)cc(-c2cc(-c3c(C)cc(C)cc3C)c(S(C)=O)c(-c3c(C)cc(C)cc3C)c2)cc1-c1c(C)cc(C)cc1C. The zero-order chi connectivity index (χ0) is 38.6. The summed E-state index contributed by atoms with van der Waals surface area (Å²) in [5, 5.41) is 0. The van der Waals surface area contributed by atoms with Gasteiger partial charge in [0.25, 0.3) is 0 Å². The van der Waals surface area contributed by atoms with Gasteiger partial charge in [0.1, 0.15) is 0 Å². The Labute approximate surface area is 325 Å². The molecule has 1 unspecified atom stereocenters. The molecule has 0 aliphatic rings. The van der Waals surface area contributed by atoms with E-state index in [1.54, 1.807) is 0 Å². The molecule has 0 heterocycles. The first kappa shape index (κ1) is 38.5. The molecule has 272 valence electrons. The summed E-state index contributed by atoms with van der Waals surface area (Å²) in [4.78, 5) is 2.19. The van der Waals surface area contributed by atoms with Crippen LogP contribution >= 0.6 is 11.8 Å². The fraction of sp³-hybridized carbons (Fsp3) is 0.280. The van der Waals surface area contributed by atoms with Crippen LogP contribution in [0.4, 0.5) is 0 Å². The molecule has 0 amide bonds. The van der Waals surface area contributed by atoms with E-state index in [1.807, 2.05) is 18.0 Å². The van der Waals surface area contributed by atoms with Crippen molar-refractivity contribution < 1.29 is 4.21 Å². The van der Waals surface area contributed by atoms with Crippen LogP contribution in [0.3, 0.4) is 0 Å². The summed E-state index contributed by atoms with van der Waals surface area (Å²) in [5.41, 5.74) is 26.8. The zero-order valence-corrected chi connectivity index (χ0v) is 35.8. The average Bonchev–Trinajstić information content (AvgIpc) is 3.02. The third-order valence-electron chi connectivity index (χ3n) is 10.8. The van der Waals surface area contributed by atoms with Crippen LogP contribution in [0.1, 0.15) is 66.8 Å². The first-order valence-electron chi connectivity index (χ1n) is 18.6. The van der Waals surface area contributed by atoms with Crippen LogP contribution in [-0.4, -0.2) is 16.7 Å². The van der Waals surface area contributed by atoms with E-state index < -0.39 is 10.8 Å². The maximum atomic E-state index is 14.1. The highest BCUT2D eigenvalue weighted by Gasteiger charge is 2.25. The lowest BCUT2D eigenvalue weighted by molar-refractivity contribution is 0.687. The van der Waals surface area contributed by atoms with Gasteiger partial charge in [0.05, 0.1) is 15.7 Å². The molecule has 3 heteroatoms. The van der Waals surface area contributed by atoms with Crippen molar-refractivity contribution in [2.24, 2.45) is 0 Å². The molecule has 0 radical (unpaired) electrons. The largest absolute Gasteiger partial charge is 0.255 e. The summed E-state index contributed by atoms with van der Waals surface area (Å²) in [7, 11) is -1.26. The van der Waals surface area contributed by atoms with Gasteiger partial charge >= 0.3 is 0 Å². The Morgan fingerprint density at radius 2 is 0.604 bits per heavy atom. The first-order valence-corrected chi connectivity index (χ1v) is 21.4. The quantitative estimate of drug-likeness (QED) is 0.152. The van der Waals surface area contributed by atoms with Gasteiger partial charge in [-0.2, -0.15) is 0 Å². The molecule has 0 spiro atoms. The van der Waals surface area contributed by atoms with E-state index in [0.29, 0.717) is 0 Å². The van der Waals surface area contributed by atoms with E-state index >= 15 is 0 Å². The molecule has 6 aromatic carbocycles. The second-order valence-electron chi connectivity index (χ2n) is 15.6. The summed E-state index contributed by atoms with van der Waals surface area (Å²) in [6.45, 7) is 26.5. The zero-order valence-electron chi connectivity index (χ0n) is 34.2. The van der Waals surface area contributed by atoms with Gasteiger partial charge in [0.15, 0.2) is 0 Å². The number of rotatable bonds is 7. The third-order valence-corrected chi connectivity index (χ3v) is 12.7. The molecule has 1 nitrogen and oxygen atoms in total. The number of benzene rings is 6. The van der Waals surface area contributed by atoms with Crippen LogP contribution in [-0.2, 0) is 10.8 Å². The van der Waals surface area contributed by atoms with Gasteiger partial charge in [-0.3, -0.25) is 4.21 Å².